The van der Waals surface area contributed by atoms with Crippen LogP contribution in [0, 0.1) is 12.7 Å². The van der Waals surface area contributed by atoms with Gasteiger partial charge < -0.3 is 4.98 Å². The Labute approximate surface area is 138 Å². The average molecular weight is 318 g/mol. The number of aryl methyl sites for hydroxylation is 1. The predicted octanol–water partition coefficient (Wildman–Crippen LogP) is 4.38. The van der Waals surface area contributed by atoms with Gasteiger partial charge in [-0.15, -0.1) is 0 Å². The molecule has 2 aromatic heterocycles. The lowest BCUT2D eigenvalue weighted by molar-refractivity contribution is 0.627. The van der Waals surface area contributed by atoms with Gasteiger partial charge in [-0.25, -0.2) is 14.1 Å². The first-order chi connectivity index (χ1) is 11.7. The van der Waals surface area contributed by atoms with Gasteiger partial charge in [-0.3, -0.25) is 0 Å². The van der Waals surface area contributed by atoms with Crippen molar-refractivity contribution in [2.24, 2.45) is 0 Å². The van der Waals surface area contributed by atoms with Crippen molar-refractivity contribution in [3.63, 3.8) is 0 Å². The van der Waals surface area contributed by atoms with Crippen molar-refractivity contribution in [2.45, 2.75) is 6.92 Å². The summed E-state index contributed by atoms with van der Waals surface area (Å²) in [6, 6.07) is 16.3. The molecule has 4 aromatic rings. The van der Waals surface area contributed by atoms with E-state index in [1.165, 1.54) is 12.1 Å². The molecule has 0 aliphatic rings. The van der Waals surface area contributed by atoms with Gasteiger partial charge in [0.25, 0.3) is 0 Å². The molecule has 0 atom stereocenters. The molecule has 1 N–H and O–H groups in total. The molecule has 24 heavy (non-hydrogen) atoms. The summed E-state index contributed by atoms with van der Waals surface area (Å²) in [7, 11) is 0. The summed E-state index contributed by atoms with van der Waals surface area (Å²) in [5, 5.41) is 4.34. The Morgan fingerprint density at radius 1 is 0.958 bits per heavy atom. The largest absolute Gasteiger partial charge is 0.341 e. The van der Waals surface area contributed by atoms with Crippen molar-refractivity contribution >= 4 is 0 Å². The van der Waals surface area contributed by atoms with Gasteiger partial charge in [-0.2, -0.15) is 5.10 Å². The van der Waals surface area contributed by atoms with E-state index >= 15 is 0 Å². The first-order valence-electron chi connectivity index (χ1n) is 7.64. The fraction of sp³-hybridized carbons (Fsp3) is 0.0526. The van der Waals surface area contributed by atoms with Crippen molar-refractivity contribution in [3.8, 4) is 28.3 Å². The van der Waals surface area contributed by atoms with Crippen LogP contribution in [0.15, 0.2) is 67.0 Å². The van der Waals surface area contributed by atoms with Crippen molar-refractivity contribution in [1.82, 2.24) is 19.7 Å². The van der Waals surface area contributed by atoms with Crippen LogP contribution in [0.2, 0.25) is 0 Å². The maximum Gasteiger partial charge on any atom is 0.141 e. The maximum absolute atomic E-state index is 13.0. The Balaban J connectivity index is 1.69. The van der Waals surface area contributed by atoms with Crippen LogP contribution in [0.3, 0.4) is 0 Å². The molecular formula is C19H15FN4. The number of aromatic nitrogens is 4. The Morgan fingerprint density at radius 3 is 2.46 bits per heavy atom. The van der Waals surface area contributed by atoms with Gasteiger partial charge >= 0.3 is 0 Å². The van der Waals surface area contributed by atoms with E-state index in [9.17, 15) is 4.39 Å². The standard InChI is InChI=1S/C19H15FN4/c1-13-18(14-5-3-2-4-6-14)23-19(22-13)15-11-21-24(12-15)17-9-7-16(20)8-10-17/h2-12H,1H3,(H,22,23). The Morgan fingerprint density at radius 2 is 1.71 bits per heavy atom. The van der Waals surface area contributed by atoms with Crippen molar-refractivity contribution < 1.29 is 4.39 Å². The van der Waals surface area contributed by atoms with Crippen molar-refractivity contribution in [1.29, 1.82) is 0 Å². The molecule has 0 saturated heterocycles. The van der Waals surface area contributed by atoms with Crippen LogP contribution in [-0.4, -0.2) is 19.7 Å². The smallest absolute Gasteiger partial charge is 0.141 e. The second kappa shape index (κ2) is 5.77. The summed E-state index contributed by atoms with van der Waals surface area (Å²) in [6.07, 6.45) is 3.62. The molecule has 0 unspecified atom stereocenters. The zero-order valence-electron chi connectivity index (χ0n) is 13.1. The highest BCUT2D eigenvalue weighted by atomic mass is 19.1. The minimum Gasteiger partial charge on any atom is -0.341 e. The van der Waals surface area contributed by atoms with Crippen molar-refractivity contribution in [2.75, 3.05) is 0 Å². The van der Waals surface area contributed by atoms with Gasteiger partial charge in [0.1, 0.15) is 11.6 Å². The van der Waals surface area contributed by atoms with Crippen LogP contribution in [0.4, 0.5) is 4.39 Å². The number of imidazole rings is 1. The number of hydrogen-bond acceptors (Lipinski definition) is 2. The molecule has 0 spiro atoms. The topological polar surface area (TPSA) is 46.5 Å². The van der Waals surface area contributed by atoms with Gasteiger partial charge in [-0.05, 0) is 31.2 Å². The highest BCUT2D eigenvalue weighted by Gasteiger charge is 2.12. The second-order valence-electron chi connectivity index (χ2n) is 5.58. The third-order valence-corrected chi connectivity index (χ3v) is 3.88. The fourth-order valence-corrected chi connectivity index (χ4v) is 2.65. The Kier molecular flexibility index (Phi) is 3.46. The minimum absolute atomic E-state index is 0.264. The molecule has 118 valence electrons. The normalized spacial score (nSPS) is 10.9. The fourth-order valence-electron chi connectivity index (χ4n) is 2.65. The zero-order chi connectivity index (χ0) is 16.5. The number of H-pyrrole nitrogens is 1. The second-order valence-corrected chi connectivity index (χ2v) is 5.58. The van der Waals surface area contributed by atoms with E-state index in [0.717, 1.165) is 34.0 Å². The number of nitrogens with zero attached hydrogens (tertiary/aromatic N) is 3. The molecule has 0 aliphatic carbocycles. The van der Waals surface area contributed by atoms with Gasteiger partial charge in [0.2, 0.25) is 0 Å². The predicted molar refractivity (Wildman–Crippen MR) is 91.3 cm³/mol. The molecule has 0 bridgehead atoms. The van der Waals surface area contributed by atoms with Crippen LogP contribution in [0.25, 0.3) is 28.3 Å². The summed E-state index contributed by atoms with van der Waals surface area (Å²) in [4.78, 5) is 8.01. The molecule has 0 fully saturated rings. The van der Waals surface area contributed by atoms with Gasteiger partial charge in [0.15, 0.2) is 0 Å². The summed E-state index contributed by atoms with van der Waals surface area (Å²) in [5.74, 6) is 0.500. The van der Waals surface area contributed by atoms with E-state index < -0.39 is 0 Å². The van der Waals surface area contributed by atoms with Crippen LogP contribution in [0.5, 0.6) is 0 Å². The quantitative estimate of drug-likeness (QED) is 0.609. The van der Waals surface area contributed by atoms with E-state index in [-0.39, 0.29) is 5.82 Å². The number of benzene rings is 2. The van der Waals surface area contributed by atoms with Crippen LogP contribution >= 0.6 is 0 Å². The molecule has 2 aromatic carbocycles. The lowest BCUT2D eigenvalue weighted by Crippen LogP contribution is -1.93. The monoisotopic (exact) mass is 318 g/mol. The van der Waals surface area contributed by atoms with E-state index in [2.05, 4.69) is 10.1 Å². The molecule has 0 amide bonds. The summed E-state index contributed by atoms with van der Waals surface area (Å²) in [5.41, 5.74) is 4.69. The van der Waals surface area contributed by atoms with Crippen molar-refractivity contribution in [3.05, 3.63) is 78.5 Å². The van der Waals surface area contributed by atoms with E-state index in [0.29, 0.717) is 0 Å². The number of aromatic amines is 1. The number of halogens is 1. The van der Waals surface area contributed by atoms with Gasteiger partial charge in [-0.1, -0.05) is 30.3 Å². The van der Waals surface area contributed by atoms with Crippen LogP contribution < -0.4 is 0 Å². The van der Waals surface area contributed by atoms with E-state index in [1.807, 2.05) is 43.5 Å². The third kappa shape index (κ3) is 2.60. The van der Waals surface area contributed by atoms with Crippen LogP contribution in [0.1, 0.15) is 5.69 Å². The lowest BCUT2D eigenvalue weighted by atomic mass is 10.1. The van der Waals surface area contributed by atoms with Crippen LogP contribution in [-0.2, 0) is 0 Å². The van der Waals surface area contributed by atoms with E-state index in [4.69, 9.17) is 4.98 Å². The first-order valence-corrected chi connectivity index (χ1v) is 7.64. The molecule has 4 nitrogen and oxygen atoms in total. The highest BCUT2D eigenvalue weighted by molar-refractivity contribution is 5.66. The summed E-state index contributed by atoms with van der Waals surface area (Å²) < 4.78 is 14.7. The summed E-state index contributed by atoms with van der Waals surface area (Å²) >= 11 is 0. The minimum atomic E-state index is -0.264. The molecule has 5 heteroatoms. The molecule has 0 radical (unpaired) electrons. The summed E-state index contributed by atoms with van der Waals surface area (Å²) in [6.45, 7) is 2.00. The molecule has 0 saturated carbocycles. The Bertz CT molecular complexity index is 968. The maximum atomic E-state index is 13.0. The molecule has 4 rings (SSSR count). The average Bonchev–Trinajstić information content (AvgIpc) is 3.23. The lowest BCUT2D eigenvalue weighted by Gasteiger charge is -1.99. The third-order valence-electron chi connectivity index (χ3n) is 3.88. The zero-order valence-corrected chi connectivity index (χ0v) is 13.1. The molecule has 0 aliphatic heterocycles. The SMILES string of the molecule is Cc1[nH]c(-c2cnn(-c3ccc(F)cc3)c2)nc1-c1ccccc1. The van der Waals surface area contributed by atoms with Gasteiger partial charge in [0.05, 0.1) is 23.1 Å². The Hall–Kier alpha value is -3.21. The number of nitrogens with one attached hydrogen (secondary N) is 1. The number of rotatable bonds is 3. The first kappa shape index (κ1) is 14.4. The van der Waals surface area contributed by atoms with E-state index in [1.54, 1.807) is 23.0 Å². The molecule has 2 heterocycles. The number of hydrogen-bond donors (Lipinski definition) is 1. The highest BCUT2D eigenvalue weighted by Crippen LogP contribution is 2.25. The van der Waals surface area contributed by atoms with Gasteiger partial charge in [0, 0.05) is 17.5 Å². The molecular weight excluding hydrogens is 303 g/mol.